The summed E-state index contributed by atoms with van der Waals surface area (Å²) in [6.45, 7) is -0.165. The van der Waals surface area contributed by atoms with Crippen LogP contribution in [-0.4, -0.2) is 14.3 Å². The Balaban J connectivity index is 1.77. The van der Waals surface area contributed by atoms with Gasteiger partial charge in [0.05, 0.1) is 16.3 Å². The molecule has 0 bridgehead atoms. The van der Waals surface area contributed by atoms with Gasteiger partial charge in [-0.15, -0.1) is 0 Å². The third kappa shape index (κ3) is 6.18. The van der Waals surface area contributed by atoms with Crippen LogP contribution in [0, 0.1) is 5.82 Å². The van der Waals surface area contributed by atoms with Gasteiger partial charge < -0.3 is 10.1 Å². The van der Waals surface area contributed by atoms with Crippen LogP contribution in [0.25, 0.3) is 0 Å². The van der Waals surface area contributed by atoms with E-state index in [0.717, 1.165) is 6.07 Å². The summed E-state index contributed by atoms with van der Waals surface area (Å²) in [6, 6.07) is 14.9. The molecule has 3 aromatic carbocycles. The highest BCUT2D eigenvalue weighted by Gasteiger charge is 2.17. The third-order valence-electron chi connectivity index (χ3n) is 4.25. The Kier molecular flexibility index (Phi) is 7.17. The molecule has 1 amide bonds. The van der Waals surface area contributed by atoms with Gasteiger partial charge in [0.2, 0.25) is 15.9 Å². The van der Waals surface area contributed by atoms with Gasteiger partial charge in [0, 0.05) is 22.3 Å². The number of ether oxygens (including phenoxy) is 1. The summed E-state index contributed by atoms with van der Waals surface area (Å²) >= 11 is 11.8. The zero-order chi connectivity index (χ0) is 22.6. The van der Waals surface area contributed by atoms with E-state index in [0.29, 0.717) is 10.6 Å². The van der Waals surface area contributed by atoms with E-state index in [1.807, 2.05) is 0 Å². The number of carbonyl (C=O) groups excluding carboxylic acids is 1. The first-order valence-electron chi connectivity index (χ1n) is 8.90. The SMILES string of the molecule is NS(=O)(=O)c1cc(NC(=O)Cc2ccccc2Cl)ccc1COc1ccc(F)c(Cl)c1. The van der Waals surface area contributed by atoms with E-state index in [2.05, 4.69) is 5.32 Å². The molecule has 0 aliphatic heterocycles. The number of hydrogen-bond donors (Lipinski definition) is 2. The molecule has 3 aromatic rings. The highest BCUT2D eigenvalue weighted by molar-refractivity contribution is 7.89. The number of nitrogens with two attached hydrogens (primary N) is 1. The van der Waals surface area contributed by atoms with Crippen LogP contribution >= 0.6 is 23.2 Å². The molecule has 10 heteroatoms. The fraction of sp³-hybridized carbons (Fsp3) is 0.0952. The van der Waals surface area contributed by atoms with E-state index in [1.165, 1.54) is 30.3 Å². The molecule has 3 N–H and O–H groups in total. The van der Waals surface area contributed by atoms with Crippen molar-refractivity contribution in [1.82, 2.24) is 0 Å². The summed E-state index contributed by atoms with van der Waals surface area (Å²) in [5.41, 5.74) is 1.14. The molecule has 0 radical (unpaired) electrons. The van der Waals surface area contributed by atoms with Crippen molar-refractivity contribution in [3.8, 4) is 5.75 Å². The minimum absolute atomic E-state index is 0.0145. The maximum absolute atomic E-state index is 13.3. The number of halogens is 3. The summed E-state index contributed by atoms with van der Waals surface area (Å²) in [5.74, 6) is -0.724. The Bertz CT molecular complexity index is 1240. The second kappa shape index (κ2) is 9.65. The molecule has 0 aliphatic rings. The molecule has 162 valence electrons. The normalized spacial score (nSPS) is 11.2. The Labute approximate surface area is 188 Å². The molecule has 31 heavy (non-hydrogen) atoms. The Morgan fingerprint density at radius 1 is 1.00 bits per heavy atom. The van der Waals surface area contributed by atoms with Crippen molar-refractivity contribution in [2.75, 3.05) is 5.32 Å². The van der Waals surface area contributed by atoms with Crippen molar-refractivity contribution in [3.63, 3.8) is 0 Å². The van der Waals surface area contributed by atoms with Crippen LogP contribution in [0.2, 0.25) is 10.0 Å². The maximum Gasteiger partial charge on any atom is 0.238 e. The summed E-state index contributed by atoms with van der Waals surface area (Å²) in [6.07, 6.45) is 0.0145. The van der Waals surface area contributed by atoms with Crippen molar-refractivity contribution in [1.29, 1.82) is 0 Å². The average molecular weight is 483 g/mol. The summed E-state index contributed by atoms with van der Waals surface area (Å²) < 4.78 is 42.9. The van der Waals surface area contributed by atoms with Crippen LogP contribution in [0.5, 0.6) is 5.75 Å². The van der Waals surface area contributed by atoms with E-state index in [9.17, 15) is 17.6 Å². The fourth-order valence-corrected chi connectivity index (χ4v) is 3.92. The largest absolute Gasteiger partial charge is 0.489 e. The van der Waals surface area contributed by atoms with E-state index >= 15 is 0 Å². The summed E-state index contributed by atoms with van der Waals surface area (Å²) in [7, 11) is -4.12. The molecule has 0 atom stereocenters. The molecule has 0 saturated heterocycles. The molecule has 0 spiro atoms. The van der Waals surface area contributed by atoms with E-state index < -0.39 is 15.8 Å². The second-order valence-electron chi connectivity index (χ2n) is 6.55. The number of hydrogen-bond acceptors (Lipinski definition) is 4. The van der Waals surface area contributed by atoms with Gasteiger partial charge in [-0.1, -0.05) is 47.5 Å². The molecule has 0 saturated carbocycles. The van der Waals surface area contributed by atoms with Crippen LogP contribution < -0.4 is 15.2 Å². The minimum Gasteiger partial charge on any atom is -0.489 e. The van der Waals surface area contributed by atoms with Gasteiger partial charge in [0.1, 0.15) is 18.2 Å². The fourth-order valence-electron chi connectivity index (χ4n) is 2.76. The predicted molar refractivity (Wildman–Crippen MR) is 117 cm³/mol. The number of nitrogens with one attached hydrogen (secondary N) is 1. The first-order chi connectivity index (χ1) is 14.6. The lowest BCUT2D eigenvalue weighted by Crippen LogP contribution is -2.18. The number of carbonyl (C=O) groups is 1. The zero-order valence-electron chi connectivity index (χ0n) is 15.9. The number of amides is 1. The molecule has 0 aromatic heterocycles. The van der Waals surface area contributed by atoms with Gasteiger partial charge in [-0.05, 0) is 35.9 Å². The topological polar surface area (TPSA) is 98.5 Å². The van der Waals surface area contributed by atoms with Crippen molar-refractivity contribution < 1.29 is 22.3 Å². The van der Waals surface area contributed by atoms with Crippen molar-refractivity contribution in [3.05, 3.63) is 87.7 Å². The Hall–Kier alpha value is -2.65. The number of primary sulfonamides is 1. The zero-order valence-corrected chi connectivity index (χ0v) is 18.3. The molecular weight excluding hydrogens is 466 g/mol. The Morgan fingerprint density at radius 3 is 2.42 bits per heavy atom. The molecule has 0 unspecified atom stereocenters. The highest BCUT2D eigenvalue weighted by Crippen LogP contribution is 2.25. The number of benzene rings is 3. The smallest absolute Gasteiger partial charge is 0.238 e. The maximum atomic E-state index is 13.3. The lowest BCUT2D eigenvalue weighted by molar-refractivity contribution is -0.115. The van der Waals surface area contributed by atoms with E-state index in [4.69, 9.17) is 33.1 Å². The number of sulfonamides is 1. The summed E-state index contributed by atoms with van der Waals surface area (Å²) in [5, 5.41) is 8.29. The van der Waals surface area contributed by atoms with Crippen LogP contribution in [0.15, 0.2) is 65.6 Å². The van der Waals surface area contributed by atoms with Gasteiger partial charge in [-0.3, -0.25) is 4.79 Å². The quantitative estimate of drug-likeness (QED) is 0.516. The van der Waals surface area contributed by atoms with E-state index in [-0.39, 0.29) is 45.9 Å². The predicted octanol–water partition coefficient (Wildman–Crippen LogP) is 4.54. The van der Waals surface area contributed by atoms with Crippen LogP contribution in [-0.2, 0) is 27.8 Å². The average Bonchev–Trinajstić information content (AvgIpc) is 2.70. The number of anilines is 1. The molecule has 3 rings (SSSR count). The van der Waals surface area contributed by atoms with Gasteiger partial charge in [0.25, 0.3) is 0 Å². The monoisotopic (exact) mass is 482 g/mol. The second-order valence-corrected chi connectivity index (χ2v) is 8.89. The first-order valence-corrected chi connectivity index (χ1v) is 11.2. The summed E-state index contributed by atoms with van der Waals surface area (Å²) in [4.78, 5) is 12.1. The van der Waals surface area contributed by atoms with Gasteiger partial charge in [0.15, 0.2) is 0 Å². The lowest BCUT2D eigenvalue weighted by Gasteiger charge is -2.13. The molecule has 0 fully saturated rings. The standard InChI is InChI=1S/C21H17Cl2FN2O4S/c22-17-4-2-1-3-13(17)9-21(27)26-15-6-5-14(20(10-15)31(25,28)29)12-30-16-7-8-19(24)18(23)11-16/h1-8,10-11H,9,12H2,(H,26,27)(H2,25,28,29). The van der Waals surface area contributed by atoms with Crippen LogP contribution in [0.3, 0.4) is 0 Å². The molecular formula is C21H17Cl2FN2O4S. The van der Waals surface area contributed by atoms with Gasteiger partial charge >= 0.3 is 0 Å². The Morgan fingerprint density at radius 2 is 1.74 bits per heavy atom. The van der Waals surface area contributed by atoms with Crippen molar-refractivity contribution >= 4 is 44.8 Å². The third-order valence-corrected chi connectivity index (χ3v) is 5.90. The minimum atomic E-state index is -4.12. The molecule has 0 aliphatic carbocycles. The highest BCUT2D eigenvalue weighted by atomic mass is 35.5. The van der Waals surface area contributed by atoms with Crippen LogP contribution in [0.1, 0.15) is 11.1 Å². The van der Waals surface area contributed by atoms with Gasteiger partial charge in [-0.2, -0.15) is 0 Å². The number of rotatable bonds is 7. The lowest BCUT2D eigenvalue weighted by atomic mass is 10.1. The van der Waals surface area contributed by atoms with Crippen molar-refractivity contribution in [2.24, 2.45) is 5.14 Å². The molecule has 6 nitrogen and oxygen atoms in total. The van der Waals surface area contributed by atoms with E-state index in [1.54, 1.807) is 24.3 Å². The first kappa shape index (κ1) is 23.0. The molecule has 0 heterocycles. The van der Waals surface area contributed by atoms with Crippen LogP contribution in [0.4, 0.5) is 10.1 Å². The van der Waals surface area contributed by atoms with Gasteiger partial charge in [-0.25, -0.2) is 17.9 Å². The van der Waals surface area contributed by atoms with Crippen molar-refractivity contribution in [2.45, 2.75) is 17.9 Å².